The van der Waals surface area contributed by atoms with Gasteiger partial charge < -0.3 is 9.67 Å². The van der Waals surface area contributed by atoms with Gasteiger partial charge in [-0.15, -0.1) is 0 Å². The Labute approximate surface area is 91.9 Å². The predicted octanol–water partition coefficient (Wildman–Crippen LogP) is 2.46. The van der Waals surface area contributed by atoms with Crippen molar-refractivity contribution in [2.24, 2.45) is 7.05 Å². The second-order valence-electron chi connectivity index (χ2n) is 3.45. The zero-order valence-corrected chi connectivity index (χ0v) is 8.95. The quantitative estimate of drug-likeness (QED) is 0.850. The molecule has 1 aromatic carbocycles. The lowest BCUT2D eigenvalue weighted by Crippen LogP contribution is -2.00. The van der Waals surface area contributed by atoms with E-state index < -0.39 is 5.97 Å². The third kappa shape index (κ3) is 1.70. The second kappa shape index (κ2) is 3.59. The molecule has 0 unspecified atom stereocenters. The number of hydrogen-bond acceptors (Lipinski definition) is 1. The monoisotopic (exact) mass is 223 g/mol. The molecule has 2 aromatic rings. The molecule has 0 saturated carbocycles. The Bertz CT molecular complexity index is 531. The van der Waals surface area contributed by atoms with Crippen molar-refractivity contribution >= 4 is 28.5 Å². The van der Waals surface area contributed by atoms with Crippen LogP contribution in [0.15, 0.2) is 24.3 Å². The van der Waals surface area contributed by atoms with Crippen LogP contribution in [0.1, 0.15) is 5.56 Å². The van der Waals surface area contributed by atoms with Gasteiger partial charge in [0.05, 0.1) is 6.42 Å². The molecule has 1 heterocycles. The van der Waals surface area contributed by atoms with Gasteiger partial charge in [0.1, 0.15) is 5.15 Å². The van der Waals surface area contributed by atoms with Crippen molar-refractivity contribution < 1.29 is 9.90 Å². The first-order chi connectivity index (χ1) is 7.09. The summed E-state index contributed by atoms with van der Waals surface area (Å²) in [5, 5.41) is 10.3. The minimum Gasteiger partial charge on any atom is -0.481 e. The summed E-state index contributed by atoms with van der Waals surface area (Å²) >= 11 is 5.98. The van der Waals surface area contributed by atoms with Gasteiger partial charge in [0.25, 0.3) is 0 Å². The summed E-state index contributed by atoms with van der Waals surface area (Å²) in [4.78, 5) is 10.7. The first-order valence-electron chi connectivity index (χ1n) is 4.54. The topological polar surface area (TPSA) is 42.2 Å². The molecular formula is C11H10ClNO2. The van der Waals surface area contributed by atoms with Crippen LogP contribution in [-0.2, 0) is 18.3 Å². The van der Waals surface area contributed by atoms with E-state index in [2.05, 4.69) is 0 Å². The summed E-state index contributed by atoms with van der Waals surface area (Å²) in [6, 6.07) is 7.38. The van der Waals surface area contributed by atoms with E-state index in [4.69, 9.17) is 16.7 Å². The number of halogens is 1. The molecule has 0 spiro atoms. The molecule has 0 amide bonds. The number of carboxylic acid groups (broad SMARTS) is 1. The lowest BCUT2D eigenvalue weighted by Gasteiger charge is -2.01. The number of rotatable bonds is 2. The molecule has 0 aliphatic carbocycles. The average Bonchev–Trinajstić information content (AvgIpc) is 2.45. The number of benzene rings is 1. The predicted molar refractivity (Wildman–Crippen MR) is 59.3 cm³/mol. The number of carboxylic acids is 1. The molecule has 15 heavy (non-hydrogen) atoms. The van der Waals surface area contributed by atoms with Crippen molar-refractivity contribution in [3.63, 3.8) is 0 Å². The SMILES string of the molecule is Cn1c(Cl)cc2c(CC(=O)O)cccc21. The summed E-state index contributed by atoms with van der Waals surface area (Å²) in [6.45, 7) is 0. The van der Waals surface area contributed by atoms with Gasteiger partial charge in [-0.05, 0) is 17.7 Å². The molecule has 0 radical (unpaired) electrons. The van der Waals surface area contributed by atoms with Crippen LogP contribution in [-0.4, -0.2) is 15.6 Å². The fourth-order valence-electron chi connectivity index (χ4n) is 1.71. The molecule has 2 rings (SSSR count). The van der Waals surface area contributed by atoms with Crippen LogP contribution < -0.4 is 0 Å². The number of aryl methyl sites for hydroxylation is 1. The highest BCUT2D eigenvalue weighted by molar-refractivity contribution is 6.31. The summed E-state index contributed by atoms with van der Waals surface area (Å²) in [5.41, 5.74) is 1.75. The van der Waals surface area contributed by atoms with Crippen LogP contribution in [0.25, 0.3) is 10.9 Å². The number of carbonyl (C=O) groups is 1. The van der Waals surface area contributed by atoms with Crippen molar-refractivity contribution in [3.8, 4) is 0 Å². The van der Waals surface area contributed by atoms with E-state index in [0.717, 1.165) is 16.5 Å². The Kier molecular flexibility index (Phi) is 2.40. The van der Waals surface area contributed by atoms with E-state index in [1.54, 1.807) is 6.07 Å². The molecule has 0 bridgehead atoms. The molecule has 0 fully saturated rings. The van der Waals surface area contributed by atoms with Gasteiger partial charge in [0, 0.05) is 18.0 Å². The normalized spacial score (nSPS) is 10.8. The fourth-order valence-corrected chi connectivity index (χ4v) is 1.91. The van der Waals surface area contributed by atoms with Crippen LogP contribution in [0.5, 0.6) is 0 Å². The minimum absolute atomic E-state index is 0.0255. The van der Waals surface area contributed by atoms with Gasteiger partial charge in [-0.2, -0.15) is 0 Å². The van der Waals surface area contributed by atoms with E-state index in [1.807, 2.05) is 29.8 Å². The highest BCUT2D eigenvalue weighted by atomic mass is 35.5. The first kappa shape index (κ1) is 10.1. The highest BCUT2D eigenvalue weighted by Crippen LogP contribution is 2.25. The van der Waals surface area contributed by atoms with Gasteiger partial charge in [-0.1, -0.05) is 23.7 Å². The number of aliphatic carboxylic acids is 1. The first-order valence-corrected chi connectivity index (χ1v) is 4.92. The van der Waals surface area contributed by atoms with Gasteiger partial charge in [-0.3, -0.25) is 4.79 Å². The summed E-state index contributed by atoms with van der Waals surface area (Å²) in [7, 11) is 1.86. The zero-order chi connectivity index (χ0) is 11.0. The zero-order valence-electron chi connectivity index (χ0n) is 8.20. The lowest BCUT2D eigenvalue weighted by molar-refractivity contribution is -0.136. The van der Waals surface area contributed by atoms with E-state index in [-0.39, 0.29) is 6.42 Å². The maximum Gasteiger partial charge on any atom is 0.307 e. The van der Waals surface area contributed by atoms with Crippen LogP contribution in [0.2, 0.25) is 5.15 Å². The fraction of sp³-hybridized carbons (Fsp3) is 0.182. The van der Waals surface area contributed by atoms with Crippen molar-refractivity contribution in [3.05, 3.63) is 35.0 Å². The molecule has 4 heteroatoms. The Morgan fingerprint density at radius 2 is 2.27 bits per heavy atom. The number of aromatic nitrogens is 1. The molecule has 78 valence electrons. The van der Waals surface area contributed by atoms with E-state index in [0.29, 0.717) is 5.15 Å². The lowest BCUT2D eigenvalue weighted by atomic mass is 10.1. The van der Waals surface area contributed by atoms with Gasteiger partial charge >= 0.3 is 5.97 Å². The Hall–Kier alpha value is -1.48. The molecule has 1 aromatic heterocycles. The van der Waals surface area contributed by atoms with Crippen molar-refractivity contribution in [1.29, 1.82) is 0 Å². The Balaban J connectivity index is 2.65. The van der Waals surface area contributed by atoms with E-state index in [9.17, 15) is 4.79 Å². The van der Waals surface area contributed by atoms with Crippen LogP contribution >= 0.6 is 11.6 Å². The summed E-state index contributed by atoms with van der Waals surface area (Å²) in [6.07, 6.45) is 0.0255. The van der Waals surface area contributed by atoms with Crippen molar-refractivity contribution in [2.45, 2.75) is 6.42 Å². The molecular weight excluding hydrogens is 214 g/mol. The average molecular weight is 224 g/mol. The van der Waals surface area contributed by atoms with Crippen molar-refractivity contribution in [2.75, 3.05) is 0 Å². The van der Waals surface area contributed by atoms with Gasteiger partial charge in [0.2, 0.25) is 0 Å². The number of hydrogen-bond donors (Lipinski definition) is 1. The second-order valence-corrected chi connectivity index (χ2v) is 3.83. The summed E-state index contributed by atoms with van der Waals surface area (Å²) < 4.78 is 1.84. The molecule has 0 atom stereocenters. The minimum atomic E-state index is -0.831. The van der Waals surface area contributed by atoms with E-state index in [1.165, 1.54) is 0 Å². The van der Waals surface area contributed by atoms with E-state index >= 15 is 0 Å². The third-order valence-electron chi connectivity index (χ3n) is 2.46. The highest BCUT2D eigenvalue weighted by Gasteiger charge is 2.09. The maximum atomic E-state index is 10.7. The standard InChI is InChI=1S/C11H10ClNO2/c1-13-9-4-2-3-7(5-11(14)15)8(9)6-10(13)12/h2-4,6H,5H2,1H3,(H,14,15). The molecule has 0 aliphatic rings. The summed E-state index contributed by atoms with van der Waals surface area (Å²) in [5.74, 6) is -0.831. The number of fused-ring (bicyclic) bond motifs is 1. The molecule has 3 nitrogen and oxygen atoms in total. The Morgan fingerprint density at radius 1 is 1.53 bits per heavy atom. The molecule has 1 N–H and O–H groups in total. The molecule has 0 saturated heterocycles. The van der Waals surface area contributed by atoms with Gasteiger partial charge in [-0.25, -0.2) is 0 Å². The third-order valence-corrected chi connectivity index (χ3v) is 2.82. The van der Waals surface area contributed by atoms with Gasteiger partial charge in [0.15, 0.2) is 0 Å². The van der Waals surface area contributed by atoms with Crippen molar-refractivity contribution in [1.82, 2.24) is 4.57 Å². The largest absolute Gasteiger partial charge is 0.481 e. The maximum absolute atomic E-state index is 10.7. The number of nitrogens with zero attached hydrogens (tertiary/aromatic N) is 1. The smallest absolute Gasteiger partial charge is 0.307 e. The van der Waals surface area contributed by atoms with Crippen LogP contribution in [0.4, 0.5) is 0 Å². The van der Waals surface area contributed by atoms with Crippen LogP contribution in [0.3, 0.4) is 0 Å². The Morgan fingerprint density at radius 3 is 2.93 bits per heavy atom. The van der Waals surface area contributed by atoms with Crippen LogP contribution in [0, 0.1) is 0 Å². The molecule has 0 aliphatic heterocycles.